The third-order valence-electron chi connectivity index (χ3n) is 16.2. The third kappa shape index (κ3) is 20.6. The monoisotopic (exact) mass is 1190 g/mol. The molecule has 1 fully saturated rings. The van der Waals surface area contributed by atoms with Crippen molar-refractivity contribution < 1.29 is 43.1 Å². The van der Waals surface area contributed by atoms with Gasteiger partial charge in [-0.05, 0) is 61.9 Å². The topological polar surface area (TPSA) is 187 Å². The van der Waals surface area contributed by atoms with Crippen molar-refractivity contribution in [3.8, 4) is 0 Å². The number of thiazole rings is 1. The first-order chi connectivity index (χ1) is 38.6. The van der Waals surface area contributed by atoms with E-state index < -0.39 is 53.8 Å². The zero-order chi connectivity index (χ0) is 61.2. The van der Waals surface area contributed by atoms with E-state index in [1.807, 2.05) is 135 Å². The second kappa shape index (κ2) is 32.8. The molecule has 1 N–H and O–H groups in total. The summed E-state index contributed by atoms with van der Waals surface area (Å²) < 4.78 is 5.66. The van der Waals surface area contributed by atoms with Gasteiger partial charge in [0.2, 0.25) is 23.6 Å². The number of hydrogen-bond acceptors (Lipinski definition) is 14. The first-order valence-corrected chi connectivity index (χ1v) is 31.6. The van der Waals surface area contributed by atoms with Crippen molar-refractivity contribution >= 4 is 82.8 Å². The van der Waals surface area contributed by atoms with Crippen LogP contribution in [0.2, 0.25) is 0 Å². The van der Waals surface area contributed by atoms with Crippen molar-refractivity contribution in [3.63, 3.8) is 0 Å². The molecule has 0 radical (unpaired) electrons. The minimum absolute atomic E-state index is 0.0165. The van der Waals surface area contributed by atoms with Crippen LogP contribution in [0.1, 0.15) is 148 Å². The summed E-state index contributed by atoms with van der Waals surface area (Å²) >= 11 is 7.11. The fourth-order valence-electron chi connectivity index (χ4n) is 10.7. The van der Waals surface area contributed by atoms with Gasteiger partial charge in [-0.2, -0.15) is 12.6 Å². The lowest BCUT2D eigenvalue weighted by Gasteiger charge is -2.37. The summed E-state index contributed by atoms with van der Waals surface area (Å²) in [5, 5.41) is 4.97. The second-order valence-electron chi connectivity index (χ2n) is 24.0. The number of aromatic nitrogens is 1. The van der Waals surface area contributed by atoms with Crippen molar-refractivity contribution in [3.05, 3.63) is 82.3 Å². The average molecular weight is 1190 g/mol. The molecule has 1 aromatic heterocycles. The molecule has 4 rings (SSSR count). The minimum Gasteiger partial charge on any atom is -0.455 e. The van der Waals surface area contributed by atoms with E-state index in [-0.39, 0.29) is 101 Å². The molecular weight excluding hydrogens is 1090 g/mol. The quantitative estimate of drug-likeness (QED) is 0.0343. The van der Waals surface area contributed by atoms with Crippen LogP contribution in [0.25, 0.3) is 0 Å². The first kappa shape index (κ1) is 69.4. The van der Waals surface area contributed by atoms with Gasteiger partial charge < -0.3 is 29.7 Å². The molecular formula is C63H95N7O9S3. The molecule has 2 aromatic carbocycles. The first-order valence-electron chi connectivity index (χ1n) is 29.3. The lowest BCUT2D eigenvalue weighted by atomic mass is 9.82. The number of thiol groups is 1. The Balaban J connectivity index is 1.59. The number of ether oxygens (including phenoxy) is 1. The lowest BCUT2D eigenvalue weighted by molar-refractivity contribution is -0.149. The average Bonchev–Trinajstić information content (AvgIpc) is 4.15. The van der Waals surface area contributed by atoms with Crippen LogP contribution in [0.4, 0.5) is 0 Å². The Bertz CT molecular complexity index is 2570. The highest BCUT2D eigenvalue weighted by Gasteiger charge is 2.40. The van der Waals surface area contributed by atoms with Crippen LogP contribution >= 0.6 is 35.7 Å². The molecule has 82 heavy (non-hydrogen) atoms. The van der Waals surface area contributed by atoms with E-state index in [1.165, 1.54) is 23.6 Å². The number of carbonyl (C=O) groups is 8. The Morgan fingerprint density at radius 2 is 1.34 bits per heavy atom. The standard InChI is InChI=1S/C63H95N7O9S3/c1-16-42(7)48(36-54(73)57(66(12)13)43(8)17-2)60(76)67(14)51(41(5)6)37-55(79-44(9)71)59-65-50(38-82-59)61(77)68(15)52(39-81-46-26-22-19-23-27-46)53(72)35-47(40(3)4)58(75)64-49(34-45-24-20-18-21-25-45)62(78)70-32-30-69(31-33-70)56(74)28-29-63(10,11)80/h18-27,38,40-43,47-49,51-52,55,57,80H,16-17,28-37,39H2,1-15H3,(H,64,75)/t42-,43?,47-,48?,49-,51+,52-,55+,57+/m0/s1. The molecule has 1 aliphatic heterocycles. The summed E-state index contributed by atoms with van der Waals surface area (Å²) in [6, 6.07) is 16.2. The zero-order valence-electron chi connectivity index (χ0n) is 51.5. The Labute approximate surface area is 503 Å². The Hall–Kier alpha value is -5.11. The second-order valence-corrected chi connectivity index (χ2v) is 27.2. The molecule has 0 saturated carbocycles. The molecule has 0 aliphatic carbocycles. The molecule has 0 bridgehead atoms. The van der Waals surface area contributed by atoms with Crippen molar-refractivity contribution in [2.24, 2.45) is 35.5 Å². The van der Waals surface area contributed by atoms with Gasteiger partial charge in [0.15, 0.2) is 17.7 Å². The predicted octanol–water partition coefficient (Wildman–Crippen LogP) is 9.57. The van der Waals surface area contributed by atoms with Crippen LogP contribution in [0, 0.1) is 35.5 Å². The minimum atomic E-state index is -1.02. The SMILES string of the molecule is CCC(C)[C@H](C(=O)CC(C(=O)N(C)[C@H](C[C@@H](OC(C)=O)c1nc(C(=O)N(C)[C@@H](CSc2ccccc2)C(=O)C[C@H](C(=O)N[C@@H](Cc2ccccc2)C(=O)N2CCN(C(=O)CCC(C)(C)S)CC2)C(C)C)cs1)C(C)C)[C@@H](C)CC)N(C)C. The number of ketones is 2. The predicted molar refractivity (Wildman–Crippen MR) is 331 cm³/mol. The number of likely N-dealkylation sites (N-methyl/N-ethyl adjacent to an activating group) is 2. The van der Waals surface area contributed by atoms with Crippen molar-refractivity contribution in [1.29, 1.82) is 0 Å². The molecule has 19 heteroatoms. The Morgan fingerprint density at radius 1 is 0.768 bits per heavy atom. The van der Waals surface area contributed by atoms with Gasteiger partial charge in [-0.3, -0.25) is 43.3 Å². The highest BCUT2D eigenvalue weighted by molar-refractivity contribution is 7.99. The van der Waals surface area contributed by atoms with E-state index in [1.54, 1.807) is 34.2 Å². The maximum absolute atomic E-state index is 14.9. The Kier molecular flexibility index (Phi) is 27.8. The van der Waals surface area contributed by atoms with Gasteiger partial charge >= 0.3 is 5.97 Å². The third-order valence-corrected chi connectivity index (χ3v) is 18.4. The fraction of sp³-hybridized carbons (Fsp3) is 0.635. The smallest absolute Gasteiger partial charge is 0.303 e. The van der Waals surface area contributed by atoms with Gasteiger partial charge in [-0.15, -0.1) is 23.1 Å². The normalized spacial score (nSPS) is 16.3. The highest BCUT2D eigenvalue weighted by Crippen LogP contribution is 2.34. The van der Waals surface area contributed by atoms with Gasteiger partial charge in [-0.25, -0.2) is 4.98 Å². The zero-order valence-corrected chi connectivity index (χ0v) is 54.0. The number of amides is 5. The molecule has 2 unspecified atom stereocenters. The van der Waals surface area contributed by atoms with E-state index >= 15 is 0 Å². The lowest BCUT2D eigenvalue weighted by Crippen LogP contribution is -2.57. The van der Waals surface area contributed by atoms with Crippen LogP contribution in [0.15, 0.2) is 70.9 Å². The van der Waals surface area contributed by atoms with Crippen LogP contribution in [0.3, 0.4) is 0 Å². The van der Waals surface area contributed by atoms with Gasteiger partial charge in [0, 0.05) is 118 Å². The molecule has 1 aliphatic rings. The summed E-state index contributed by atoms with van der Waals surface area (Å²) in [5.74, 6) is -4.01. The Morgan fingerprint density at radius 3 is 1.88 bits per heavy atom. The van der Waals surface area contributed by atoms with E-state index in [4.69, 9.17) is 9.72 Å². The number of nitrogens with zero attached hydrogens (tertiary/aromatic N) is 6. The van der Waals surface area contributed by atoms with Crippen LogP contribution < -0.4 is 5.32 Å². The number of nitrogens with one attached hydrogen (secondary N) is 1. The summed E-state index contributed by atoms with van der Waals surface area (Å²) in [5.41, 5.74) is 0.879. The number of esters is 1. The number of piperazine rings is 1. The molecule has 0 spiro atoms. The van der Waals surface area contributed by atoms with Crippen LogP contribution in [-0.4, -0.2) is 166 Å². The molecule has 454 valence electrons. The molecule has 16 nitrogen and oxygen atoms in total. The maximum Gasteiger partial charge on any atom is 0.303 e. The highest BCUT2D eigenvalue weighted by atomic mass is 32.2. The molecule has 5 amide bonds. The van der Waals surface area contributed by atoms with Crippen LogP contribution in [0.5, 0.6) is 0 Å². The summed E-state index contributed by atoms with van der Waals surface area (Å²) in [4.78, 5) is 127. The number of Topliss-reactive ketones (excluding diaryl/α,β-unsaturated/α-hetero) is 2. The van der Waals surface area contributed by atoms with Crippen molar-refractivity contribution in [2.75, 3.05) is 60.1 Å². The number of rotatable bonds is 32. The molecule has 2 heterocycles. The summed E-state index contributed by atoms with van der Waals surface area (Å²) in [7, 11) is 7.08. The molecule has 3 aromatic rings. The summed E-state index contributed by atoms with van der Waals surface area (Å²) in [6.45, 7) is 22.4. The van der Waals surface area contributed by atoms with Gasteiger partial charge in [0.1, 0.15) is 16.7 Å². The number of carbonyl (C=O) groups excluding carboxylic acids is 8. The summed E-state index contributed by atoms with van der Waals surface area (Å²) in [6.07, 6.45) is 1.82. The molecule has 9 atom stereocenters. The largest absolute Gasteiger partial charge is 0.455 e. The van der Waals surface area contributed by atoms with Gasteiger partial charge in [0.25, 0.3) is 5.91 Å². The van der Waals surface area contributed by atoms with Crippen molar-refractivity contribution in [1.82, 2.24) is 34.8 Å². The maximum atomic E-state index is 14.9. The number of benzene rings is 2. The number of thioether (sulfide) groups is 1. The van der Waals surface area contributed by atoms with E-state index in [2.05, 4.69) is 31.8 Å². The van der Waals surface area contributed by atoms with Gasteiger partial charge in [0.05, 0.1) is 12.1 Å². The van der Waals surface area contributed by atoms with E-state index in [0.717, 1.165) is 28.2 Å². The van der Waals surface area contributed by atoms with E-state index in [9.17, 15) is 38.4 Å². The van der Waals surface area contributed by atoms with E-state index in [0.29, 0.717) is 50.4 Å². The molecule has 1 saturated heterocycles. The van der Waals surface area contributed by atoms with Gasteiger partial charge in [-0.1, -0.05) is 131 Å². The van der Waals surface area contributed by atoms with Crippen molar-refractivity contribution in [2.45, 2.75) is 167 Å². The number of hydrogen-bond donors (Lipinski definition) is 2. The fourth-order valence-corrected chi connectivity index (χ4v) is 12.7. The van der Waals surface area contributed by atoms with Crippen LogP contribution in [-0.2, 0) is 44.7 Å².